The molecule has 0 spiro atoms. The molecule has 0 aliphatic carbocycles. The predicted octanol–water partition coefficient (Wildman–Crippen LogP) is 4.33. The van der Waals surface area contributed by atoms with Gasteiger partial charge in [0.25, 0.3) is 5.91 Å². The summed E-state index contributed by atoms with van der Waals surface area (Å²) in [5.74, 6) is -3.49. The number of benzene rings is 1. The van der Waals surface area contributed by atoms with Crippen LogP contribution in [0.4, 0.5) is 38.3 Å². The molecule has 1 aromatic heterocycles. The van der Waals surface area contributed by atoms with Crippen LogP contribution in [0.25, 0.3) is 0 Å². The van der Waals surface area contributed by atoms with E-state index in [0.717, 1.165) is 24.1 Å². The number of aryl methyl sites for hydroxylation is 1. The van der Waals surface area contributed by atoms with Gasteiger partial charge in [0.05, 0.1) is 16.3 Å². The van der Waals surface area contributed by atoms with Crippen LogP contribution in [0.2, 0.25) is 5.02 Å². The summed E-state index contributed by atoms with van der Waals surface area (Å²) < 4.78 is 71.7. The van der Waals surface area contributed by atoms with Gasteiger partial charge in [0.15, 0.2) is 6.04 Å². The number of ether oxygens (including phenoxy) is 1. The molecule has 0 radical (unpaired) electrons. The number of halogens is 6. The smallest absolute Gasteiger partial charge is 0.416 e. The summed E-state index contributed by atoms with van der Waals surface area (Å²) in [6.07, 6.45) is -5.80. The monoisotopic (exact) mass is 449 g/mol. The van der Waals surface area contributed by atoms with E-state index in [1.54, 1.807) is 0 Å². The fourth-order valence-corrected chi connectivity index (χ4v) is 3.06. The first-order valence-corrected chi connectivity index (χ1v) is 8.72. The molecule has 30 heavy (non-hydrogen) atoms. The molecule has 1 saturated heterocycles. The molecular formula is C18H13ClF5N3O3. The maximum Gasteiger partial charge on any atom is 0.416 e. The minimum Gasteiger partial charge on any atom is -0.446 e. The second-order valence-corrected chi connectivity index (χ2v) is 6.84. The van der Waals surface area contributed by atoms with Crippen molar-refractivity contribution in [2.75, 3.05) is 23.5 Å². The lowest BCUT2D eigenvalue weighted by molar-refractivity contribution is -0.137. The van der Waals surface area contributed by atoms with Gasteiger partial charge in [-0.05, 0) is 25.1 Å². The molecule has 1 aliphatic rings. The third-order valence-electron chi connectivity index (χ3n) is 4.35. The van der Waals surface area contributed by atoms with Crippen molar-refractivity contribution in [1.29, 1.82) is 0 Å². The van der Waals surface area contributed by atoms with E-state index in [4.69, 9.17) is 16.3 Å². The van der Waals surface area contributed by atoms with Gasteiger partial charge >= 0.3 is 12.3 Å². The number of carbonyl (C=O) groups excluding carboxylic acids is 2. The lowest BCUT2D eigenvalue weighted by Crippen LogP contribution is -2.47. The Hall–Kier alpha value is -2.95. The van der Waals surface area contributed by atoms with Gasteiger partial charge in [-0.25, -0.2) is 23.5 Å². The van der Waals surface area contributed by atoms with Crippen molar-refractivity contribution in [3.8, 4) is 0 Å². The Morgan fingerprint density at radius 2 is 1.90 bits per heavy atom. The van der Waals surface area contributed by atoms with Gasteiger partial charge in [-0.1, -0.05) is 11.6 Å². The Bertz CT molecular complexity index is 1030. The highest BCUT2D eigenvalue weighted by Crippen LogP contribution is 2.34. The van der Waals surface area contributed by atoms with Gasteiger partial charge in [-0.15, -0.1) is 0 Å². The average molecular weight is 450 g/mol. The third-order valence-corrected chi connectivity index (χ3v) is 4.64. The summed E-state index contributed by atoms with van der Waals surface area (Å²) in [5.41, 5.74) is -1.50. The highest BCUT2D eigenvalue weighted by atomic mass is 35.5. The van der Waals surface area contributed by atoms with Crippen molar-refractivity contribution < 1.29 is 36.3 Å². The Labute approximate surface area is 171 Å². The molecular weight excluding hydrogens is 437 g/mol. The summed E-state index contributed by atoms with van der Waals surface area (Å²) in [6.45, 7) is 0.786. The molecule has 12 heteroatoms. The number of nitrogens with zero attached hydrogens (tertiary/aromatic N) is 3. The van der Waals surface area contributed by atoms with E-state index in [-0.39, 0.29) is 11.4 Å². The predicted molar refractivity (Wildman–Crippen MR) is 96.4 cm³/mol. The van der Waals surface area contributed by atoms with E-state index in [1.165, 1.54) is 6.92 Å². The first-order valence-electron chi connectivity index (χ1n) is 8.34. The molecule has 2 amide bonds. The van der Waals surface area contributed by atoms with Crippen molar-refractivity contribution in [2.24, 2.45) is 0 Å². The Balaban J connectivity index is 1.98. The molecule has 1 atom stereocenters. The molecule has 1 fully saturated rings. The number of likely N-dealkylation sites (N-methyl/N-ethyl adjacent to an activating group) is 1. The number of alkyl halides is 3. The van der Waals surface area contributed by atoms with Crippen LogP contribution in [-0.2, 0) is 15.7 Å². The van der Waals surface area contributed by atoms with E-state index in [2.05, 4.69) is 4.98 Å². The summed E-state index contributed by atoms with van der Waals surface area (Å²) in [4.78, 5) is 30.4. The second kappa shape index (κ2) is 7.71. The van der Waals surface area contributed by atoms with Gasteiger partial charge in [0, 0.05) is 18.8 Å². The zero-order chi connectivity index (χ0) is 22.4. The quantitative estimate of drug-likeness (QED) is 0.517. The molecule has 6 nitrogen and oxygen atoms in total. The molecule has 160 valence electrons. The number of cyclic esters (lactones) is 1. The summed E-state index contributed by atoms with van der Waals surface area (Å²) in [7, 11) is 1.14. The van der Waals surface area contributed by atoms with E-state index >= 15 is 0 Å². The van der Waals surface area contributed by atoms with E-state index in [0.29, 0.717) is 17.0 Å². The first kappa shape index (κ1) is 21.8. The number of pyridine rings is 1. The SMILES string of the molecule is Cc1cc(C(F)(F)F)cc(N2C(=O)OC[C@H]2C(=O)N(C)c2cc(Cl)c(F)cc2F)n1. The topological polar surface area (TPSA) is 62.7 Å². The fraction of sp³-hybridized carbons (Fsp3) is 0.278. The highest BCUT2D eigenvalue weighted by Gasteiger charge is 2.43. The molecule has 1 aromatic carbocycles. The highest BCUT2D eigenvalue weighted by molar-refractivity contribution is 6.31. The number of carbonyl (C=O) groups is 2. The Morgan fingerprint density at radius 1 is 1.23 bits per heavy atom. The molecule has 0 bridgehead atoms. The van der Waals surface area contributed by atoms with Crippen LogP contribution in [0.3, 0.4) is 0 Å². The first-order chi connectivity index (χ1) is 13.9. The number of aromatic nitrogens is 1. The largest absolute Gasteiger partial charge is 0.446 e. The molecule has 2 heterocycles. The number of amides is 2. The average Bonchev–Trinajstić information content (AvgIpc) is 3.03. The van der Waals surface area contributed by atoms with Crippen LogP contribution in [-0.4, -0.2) is 36.7 Å². The Kier molecular flexibility index (Phi) is 5.59. The van der Waals surface area contributed by atoms with Crippen LogP contribution < -0.4 is 9.80 Å². The molecule has 0 N–H and O–H groups in total. The second-order valence-electron chi connectivity index (χ2n) is 6.43. The lowest BCUT2D eigenvalue weighted by Gasteiger charge is -2.26. The standard InChI is InChI=1S/C18H13ClF5N3O3/c1-8-3-9(18(22,23)24)4-15(25-8)27-14(7-30-17(27)29)16(28)26(2)13-5-10(19)11(20)6-12(13)21/h3-6,14H,7H2,1-2H3/t14-/m0/s1. The van der Waals surface area contributed by atoms with E-state index in [1.807, 2.05) is 0 Å². The third kappa shape index (κ3) is 4.02. The lowest BCUT2D eigenvalue weighted by atomic mass is 10.1. The van der Waals surface area contributed by atoms with Crippen LogP contribution in [0, 0.1) is 18.6 Å². The van der Waals surface area contributed by atoms with Gasteiger partial charge in [-0.2, -0.15) is 13.2 Å². The zero-order valence-corrected chi connectivity index (χ0v) is 16.2. The van der Waals surface area contributed by atoms with Crippen LogP contribution in [0.1, 0.15) is 11.3 Å². The van der Waals surface area contributed by atoms with Gasteiger partial charge < -0.3 is 9.64 Å². The van der Waals surface area contributed by atoms with Crippen molar-refractivity contribution in [1.82, 2.24) is 4.98 Å². The number of anilines is 2. The van der Waals surface area contributed by atoms with Crippen molar-refractivity contribution >= 4 is 35.1 Å². The maximum atomic E-state index is 14.1. The van der Waals surface area contributed by atoms with Crippen molar-refractivity contribution in [3.63, 3.8) is 0 Å². The van der Waals surface area contributed by atoms with Crippen LogP contribution >= 0.6 is 11.6 Å². The van der Waals surface area contributed by atoms with Gasteiger partial charge in [-0.3, -0.25) is 4.79 Å². The molecule has 1 aliphatic heterocycles. The minimum atomic E-state index is -4.71. The molecule has 3 rings (SSSR count). The number of rotatable bonds is 3. The fourth-order valence-electron chi connectivity index (χ4n) is 2.91. The Morgan fingerprint density at radius 3 is 2.53 bits per heavy atom. The van der Waals surface area contributed by atoms with E-state index < -0.39 is 58.9 Å². The molecule has 0 unspecified atom stereocenters. The number of hydrogen-bond acceptors (Lipinski definition) is 4. The maximum absolute atomic E-state index is 14.1. The summed E-state index contributed by atoms with van der Waals surface area (Å²) in [5, 5.41) is -0.447. The van der Waals surface area contributed by atoms with Crippen LogP contribution in [0.15, 0.2) is 24.3 Å². The molecule has 0 saturated carbocycles. The minimum absolute atomic E-state index is 0.0459. The van der Waals surface area contributed by atoms with E-state index in [9.17, 15) is 31.5 Å². The van der Waals surface area contributed by atoms with Crippen LogP contribution in [0.5, 0.6) is 0 Å². The zero-order valence-electron chi connectivity index (χ0n) is 15.4. The van der Waals surface area contributed by atoms with Gasteiger partial charge in [0.1, 0.15) is 24.1 Å². The summed E-state index contributed by atoms with van der Waals surface area (Å²) >= 11 is 5.63. The normalized spacial score (nSPS) is 16.6. The van der Waals surface area contributed by atoms with Gasteiger partial charge in [0.2, 0.25) is 0 Å². The van der Waals surface area contributed by atoms with Crippen molar-refractivity contribution in [2.45, 2.75) is 19.1 Å². The summed E-state index contributed by atoms with van der Waals surface area (Å²) in [6, 6.07) is 1.31. The van der Waals surface area contributed by atoms with Crippen molar-refractivity contribution in [3.05, 3.63) is 52.2 Å². The number of hydrogen-bond donors (Lipinski definition) is 0. The molecule has 2 aromatic rings.